The first-order valence-electron chi connectivity index (χ1n) is 5.92. The minimum atomic E-state index is -0.429. The zero-order chi connectivity index (χ0) is 13.4. The van der Waals surface area contributed by atoms with Gasteiger partial charge in [-0.1, -0.05) is 59.8 Å². The first kappa shape index (κ1) is 13.8. The molecule has 0 heterocycles. The van der Waals surface area contributed by atoms with Crippen LogP contribution < -0.4 is 0 Å². The molecule has 0 bridgehead atoms. The topological polar surface area (TPSA) is 37.3 Å². The van der Waals surface area contributed by atoms with E-state index in [1.807, 2.05) is 47.6 Å². The van der Waals surface area contributed by atoms with Gasteiger partial charge in [-0.05, 0) is 0 Å². The van der Waals surface area contributed by atoms with E-state index in [0.717, 1.165) is 0 Å². The second kappa shape index (κ2) is 4.17. The zero-order valence-electron chi connectivity index (χ0n) is 11.6. The van der Waals surface area contributed by atoms with Crippen LogP contribution in [-0.2, 0) is 4.79 Å². The minimum absolute atomic E-state index is 0.0632. The van der Waals surface area contributed by atoms with Crippen LogP contribution in [0.25, 0.3) is 0 Å². The number of rotatable bonds is 1. The monoisotopic (exact) mass is 234 g/mol. The van der Waals surface area contributed by atoms with E-state index >= 15 is 0 Å². The van der Waals surface area contributed by atoms with Gasteiger partial charge in [0.25, 0.3) is 0 Å². The molecule has 1 aliphatic rings. The Bertz CT molecular complexity index is 421. The first-order chi connectivity index (χ1) is 7.55. The normalized spacial score (nSPS) is 19.3. The Balaban J connectivity index is 3.20. The highest BCUT2D eigenvalue weighted by atomic mass is 16.3. The third-order valence-corrected chi connectivity index (χ3v) is 2.71. The third kappa shape index (κ3) is 2.87. The van der Waals surface area contributed by atoms with E-state index in [0.29, 0.717) is 11.1 Å². The molecule has 17 heavy (non-hydrogen) atoms. The van der Waals surface area contributed by atoms with Crippen LogP contribution in [0.2, 0.25) is 0 Å². The summed E-state index contributed by atoms with van der Waals surface area (Å²) in [6.45, 7) is 11.5. The van der Waals surface area contributed by atoms with Crippen molar-refractivity contribution in [2.75, 3.05) is 0 Å². The van der Waals surface area contributed by atoms with Crippen molar-refractivity contribution in [3.8, 4) is 0 Å². The average molecular weight is 234 g/mol. The summed E-state index contributed by atoms with van der Waals surface area (Å²) in [4.78, 5) is 12.3. The summed E-state index contributed by atoms with van der Waals surface area (Å²) < 4.78 is 0. The van der Waals surface area contributed by atoms with Gasteiger partial charge in [0.1, 0.15) is 5.76 Å². The second-order valence-electron chi connectivity index (χ2n) is 6.53. The molecular weight excluding hydrogens is 212 g/mol. The second-order valence-corrected chi connectivity index (χ2v) is 6.53. The van der Waals surface area contributed by atoms with Crippen molar-refractivity contribution in [1.82, 2.24) is 0 Å². The molecule has 0 fully saturated rings. The van der Waals surface area contributed by atoms with Crippen molar-refractivity contribution < 1.29 is 9.90 Å². The molecule has 1 rings (SSSR count). The van der Waals surface area contributed by atoms with Crippen molar-refractivity contribution >= 4 is 5.78 Å². The van der Waals surface area contributed by atoms with Crippen molar-refractivity contribution in [2.45, 2.75) is 41.5 Å². The molecule has 2 heteroatoms. The molecule has 0 aromatic carbocycles. The Labute approximate surface area is 104 Å². The number of hydrogen-bond acceptors (Lipinski definition) is 2. The van der Waals surface area contributed by atoms with Gasteiger partial charge in [0.05, 0.1) is 0 Å². The molecule has 0 aromatic rings. The van der Waals surface area contributed by atoms with E-state index < -0.39 is 5.41 Å². The lowest BCUT2D eigenvalue weighted by atomic mass is 9.81. The molecule has 0 aromatic heterocycles. The van der Waals surface area contributed by atoms with Gasteiger partial charge in [0.15, 0.2) is 5.78 Å². The van der Waals surface area contributed by atoms with Gasteiger partial charge in [-0.2, -0.15) is 0 Å². The maximum Gasteiger partial charge on any atom is 0.168 e. The number of aliphatic hydroxyl groups excluding tert-OH is 1. The fraction of sp³-hybridized carbons (Fsp3) is 0.533. The molecule has 0 spiro atoms. The van der Waals surface area contributed by atoms with E-state index in [9.17, 15) is 9.90 Å². The van der Waals surface area contributed by atoms with Crippen LogP contribution in [0.4, 0.5) is 0 Å². The van der Waals surface area contributed by atoms with Crippen LogP contribution in [0.1, 0.15) is 41.5 Å². The van der Waals surface area contributed by atoms with E-state index in [2.05, 4.69) is 0 Å². The summed E-state index contributed by atoms with van der Waals surface area (Å²) in [7, 11) is 0. The van der Waals surface area contributed by atoms with Crippen LogP contribution in [0.15, 0.2) is 35.1 Å². The highest BCUT2D eigenvalue weighted by Gasteiger charge is 2.31. The van der Waals surface area contributed by atoms with Gasteiger partial charge >= 0.3 is 0 Å². The molecular formula is C15H22O2. The Kier molecular flexibility index (Phi) is 3.37. The predicted molar refractivity (Wildman–Crippen MR) is 70.8 cm³/mol. The lowest BCUT2D eigenvalue weighted by Gasteiger charge is -2.23. The van der Waals surface area contributed by atoms with E-state index in [1.54, 1.807) is 12.2 Å². The van der Waals surface area contributed by atoms with Gasteiger partial charge in [-0.25, -0.2) is 0 Å². The number of allylic oxidation sites excluding steroid dienone is 6. The first-order valence-corrected chi connectivity index (χ1v) is 5.92. The predicted octanol–water partition coefficient (Wildman–Crippen LogP) is 3.96. The zero-order valence-corrected chi connectivity index (χ0v) is 11.6. The maximum absolute atomic E-state index is 12.3. The number of carbonyl (C=O) groups is 1. The molecule has 1 N–H and O–H groups in total. The molecule has 0 amide bonds. The molecule has 0 saturated carbocycles. The summed E-state index contributed by atoms with van der Waals surface area (Å²) in [6, 6.07) is 0. The highest BCUT2D eigenvalue weighted by Crippen LogP contribution is 2.35. The summed E-state index contributed by atoms with van der Waals surface area (Å²) in [5.74, 6) is 0.336. The van der Waals surface area contributed by atoms with Gasteiger partial charge in [0, 0.05) is 22.0 Å². The van der Waals surface area contributed by atoms with Gasteiger partial charge in [-0.3, -0.25) is 4.79 Å². The maximum atomic E-state index is 12.3. The average Bonchev–Trinajstić information content (AvgIpc) is 2.60. The molecule has 0 atom stereocenters. The Morgan fingerprint density at radius 3 is 2.00 bits per heavy atom. The van der Waals surface area contributed by atoms with E-state index in [4.69, 9.17) is 0 Å². The van der Waals surface area contributed by atoms with Crippen LogP contribution in [-0.4, -0.2) is 10.9 Å². The number of aliphatic hydroxyl groups is 1. The van der Waals surface area contributed by atoms with Crippen molar-refractivity contribution in [3.63, 3.8) is 0 Å². The summed E-state index contributed by atoms with van der Waals surface area (Å²) >= 11 is 0. The fourth-order valence-corrected chi connectivity index (χ4v) is 1.63. The Morgan fingerprint density at radius 1 is 1.06 bits per heavy atom. The van der Waals surface area contributed by atoms with Crippen molar-refractivity contribution in [3.05, 3.63) is 35.1 Å². The molecule has 0 unspecified atom stereocenters. The SMILES string of the molecule is CC(C)(C)C(=O)C1=CC=CC1=C(O)C(C)(C)C. The molecule has 0 saturated heterocycles. The Hall–Kier alpha value is -1.31. The van der Waals surface area contributed by atoms with E-state index in [1.165, 1.54) is 0 Å². The van der Waals surface area contributed by atoms with E-state index in [-0.39, 0.29) is 17.0 Å². The quantitative estimate of drug-likeness (QED) is 0.697. The van der Waals surface area contributed by atoms with Crippen LogP contribution in [0, 0.1) is 10.8 Å². The molecule has 0 radical (unpaired) electrons. The Morgan fingerprint density at radius 2 is 1.59 bits per heavy atom. The van der Waals surface area contributed by atoms with Gasteiger partial charge in [-0.15, -0.1) is 0 Å². The standard InChI is InChI=1S/C15H22O2/c1-14(2,3)12(16)10-8-7-9-11(10)13(17)15(4,5)6/h7-9,16H,1-6H3. The number of hydrogen-bond donors (Lipinski definition) is 1. The number of ketones is 1. The smallest absolute Gasteiger partial charge is 0.168 e. The largest absolute Gasteiger partial charge is 0.511 e. The summed E-state index contributed by atoms with van der Waals surface area (Å²) in [5, 5.41) is 10.2. The minimum Gasteiger partial charge on any atom is -0.511 e. The number of carbonyl (C=O) groups excluding carboxylic acids is 1. The van der Waals surface area contributed by atoms with Crippen molar-refractivity contribution in [1.29, 1.82) is 0 Å². The molecule has 94 valence electrons. The molecule has 1 aliphatic carbocycles. The highest BCUT2D eigenvalue weighted by molar-refractivity contribution is 6.04. The lowest BCUT2D eigenvalue weighted by Crippen LogP contribution is -2.23. The summed E-state index contributed by atoms with van der Waals surface area (Å²) in [6.07, 6.45) is 5.40. The van der Waals surface area contributed by atoms with Crippen LogP contribution in [0.5, 0.6) is 0 Å². The van der Waals surface area contributed by atoms with Crippen LogP contribution >= 0.6 is 0 Å². The molecule has 2 nitrogen and oxygen atoms in total. The fourth-order valence-electron chi connectivity index (χ4n) is 1.63. The summed E-state index contributed by atoms with van der Waals surface area (Å²) in [5.41, 5.74) is 0.505. The van der Waals surface area contributed by atoms with Crippen LogP contribution in [0.3, 0.4) is 0 Å². The third-order valence-electron chi connectivity index (χ3n) is 2.71. The number of Topliss-reactive ketones (excluding diaryl/α,β-unsaturated/α-hetero) is 1. The van der Waals surface area contributed by atoms with Gasteiger partial charge < -0.3 is 5.11 Å². The van der Waals surface area contributed by atoms with Crippen molar-refractivity contribution in [2.24, 2.45) is 10.8 Å². The van der Waals surface area contributed by atoms with Gasteiger partial charge in [0.2, 0.25) is 0 Å². The lowest BCUT2D eigenvalue weighted by molar-refractivity contribution is -0.122. The molecule has 0 aliphatic heterocycles.